The zero-order chi connectivity index (χ0) is 12.4. The van der Waals surface area contributed by atoms with Gasteiger partial charge in [0, 0.05) is 27.0 Å². The summed E-state index contributed by atoms with van der Waals surface area (Å²) < 4.78 is 0.715. The van der Waals surface area contributed by atoms with Crippen LogP contribution in [0.5, 0.6) is 0 Å². The molecule has 0 amide bonds. The molecule has 4 heteroatoms. The first-order valence-corrected chi connectivity index (χ1v) is 5.82. The van der Waals surface area contributed by atoms with Crippen LogP contribution in [0.25, 0.3) is 0 Å². The molecule has 0 unspecified atom stereocenters. The number of rotatable bonds is 2. The summed E-state index contributed by atoms with van der Waals surface area (Å²) in [7, 11) is 0. The van der Waals surface area contributed by atoms with Gasteiger partial charge in [0.25, 0.3) is 0 Å². The lowest BCUT2D eigenvalue weighted by atomic mass is 10.0. The molecule has 0 atom stereocenters. The Morgan fingerprint density at radius 2 is 1.71 bits per heavy atom. The fourth-order valence-electron chi connectivity index (χ4n) is 1.51. The van der Waals surface area contributed by atoms with Crippen LogP contribution in [0.1, 0.15) is 15.9 Å². The Hall–Kier alpha value is -1.81. The third kappa shape index (κ3) is 2.47. The zero-order valence-electron chi connectivity index (χ0n) is 8.98. The zero-order valence-corrected chi connectivity index (χ0v) is 10.6. The minimum absolute atomic E-state index is 0.0713. The molecule has 4 N–H and O–H groups in total. The van der Waals surface area contributed by atoms with Gasteiger partial charge in [-0.25, -0.2) is 0 Å². The molecule has 0 saturated heterocycles. The number of nitrogens with two attached hydrogens (primary N) is 2. The van der Waals surface area contributed by atoms with E-state index in [1.54, 1.807) is 42.5 Å². The van der Waals surface area contributed by atoms with Crippen LogP contribution in [-0.4, -0.2) is 5.78 Å². The second-order valence-corrected chi connectivity index (χ2v) is 4.55. The highest BCUT2D eigenvalue weighted by molar-refractivity contribution is 9.10. The smallest absolute Gasteiger partial charge is 0.193 e. The summed E-state index contributed by atoms with van der Waals surface area (Å²) in [6, 6.07) is 12.0. The molecule has 86 valence electrons. The van der Waals surface area contributed by atoms with Crippen molar-refractivity contribution in [3.8, 4) is 0 Å². The van der Waals surface area contributed by atoms with Gasteiger partial charge in [0.05, 0.1) is 0 Å². The third-order valence-electron chi connectivity index (χ3n) is 2.41. The standard InChI is InChI=1S/C13H11BrN2O/c14-11-7-9(4-5-12(11)16)13(17)8-2-1-3-10(15)6-8/h1-7H,15-16H2. The Kier molecular flexibility index (Phi) is 3.15. The number of anilines is 2. The molecule has 3 nitrogen and oxygen atoms in total. The van der Waals surface area contributed by atoms with E-state index in [1.165, 1.54) is 0 Å². The van der Waals surface area contributed by atoms with Crippen molar-refractivity contribution >= 4 is 33.1 Å². The van der Waals surface area contributed by atoms with Gasteiger partial charge in [0.15, 0.2) is 5.78 Å². The molecule has 0 fully saturated rings. The van der Waals surface area contributed by atoms with Crippen molar-refractivity contribution in [3.05, 3.63) is 58.1 Å². The maximum absolute atomic E-state index is 12.1. The largest absolute Gasteiger partial charge is 0.399 e. The van der Waals surface area contributed by atoms with Crippen molar-refractivity contribution in [2.24, 2.45) is 0 Å². The number of benzene rings is 2. The van der Waals surface area contributed by atoms with Gasteiger partial charge in [-0.3, -0.25) is 4.79 Å². The molecule has 0 aliphatic heterocycles. The topological polar surface area (TPSA) is 69.1 Å². The number of hydrogen-bond donors (Lipinski definition) is 2. The Morgan fingerprint density at radius 3 is 2.35 bits per heavy atom. The second kappa shape index (κ2) is 4.59. The maximum Gasteiger partial charge on any atom is 0.193 e. The van der Waals surface area contributed by atoms with Gasteiger partial charge in [-0.05, 0) is 46.3 Å². The molecule has 0 aliphatic rings. The summed E-state index contributed by atoms with van der Waals surface area (Å²) in [6.45, 7) is 0. The Balaban J connectivity index is 2.40. The van der Waals surface area contributed by atoms with Gasteiger partial charge in [0.2, 0.25) is 0 Å². The third-order valence-corrected chi connectivity index (χ3v) is 3.10. The van der Waals surface area contributed by atoms with Crippen LogP contribution in [0.15, 0.2) is 46.9 Å². The van der Waals surface area contributed by atoms with Crippen LogP contribution >= 0.6 is 15.9 Å². The van der Waals surface area contributed by atoms with Crippen molar-refractivity contribution in [2.75, 3.05) is 11.5 Å². The minimum atomic E-state index is -0.0713. The highest BCUT2D eigenvalue weighted by atomic mass is 79.9. The number of carbonyl (C=O) groups is 1. The molecule has 0 bridgehead atoms. The molecule has 17 heavy (non-hydrogen) atoms. The monoisotopic (exact) mass is 290 g/mol. The Bertz CT molecular complexity index is 581. The average molecular weight is 291 g/mol. The molecular formula is C13H11BrN2O. The summed E-state index contributed by atoms with van der Waals surface area (Å²) in [5.41, 5.74) is 13.7. The number of carbonyl (C=O) groups excluding carboxylic acids is 1. The lowest BCUT2D eigenvalue weighted by Crippen LogP contribution is -2.02. The lowest BCUT2D eigenvalue weighted by molar-refractivity contribution is 0.103. The van der Waals surface area contributed by atoms with E-state index in [-0.39, 0.29) is 5.78 Å². The average Bonchev–Trinajstić information content (AvgIpc) is 2.32. The van der Waals surface area contributed by atoms with E-state index in [9.17, 15) is 4.79 Å². The number of halogens is 1. The van der Waals surface area contributed by atoms with Gasteiger partial charge in [-0.15, -0.1) is 0 Å². The maximum atomic E-state index is 12.1. The second-order valence-electron chi connectivity index (χ2n) is 3.69. The van der Waals surface area contributed by atoms with Crippen molar-refractivity contribution in [2.45, 2.75) is 0 Å². The highest BCUT2D eigenvalue weighted by Gasteiger charge is 2.10. The summed E-state index contributed by atoms with van der Waals surface area (Å²) in [5, 5.41) is 0. The molecule has 0 radical (unpaired) electrons. The van der Waals surface area contributed by atoms with Crippen LogP contribution < -0.4 is 11.5 Å². The van der Waals surface area contributed by atoms with E-state index in [4.69, 9.17) is 11.5 Å². The van der Waals surface area contributed by atoms with Crippen molar-refractivity contribution in [1.29, 1.82) is 0 Å². The Labute approximate surface area is 108 Å². The van der Waals surface area contributed by atoms with Gasteiger partial charge >= 0.3 is 0 Å². The van der Waals surface area contributed by atoms with Crippen molar-refractivity contribution in [3.63, 3.8) is 0 Å². The molecule has 0 heterocycles. The van der Waals surface area contributed by atoms with Crippen molar-refractivity contribution < 1.29 is 4.79 Å². The van der Waals surface area contributed by atoms with Gasteiger partial charge < -0.3 is 11.5 Å². The molecule has 2 rings (SSSR count). The first-order valence-electron chi connectivity index (χ1n) is 5.03. The normalized spacial score (nSPS) is 10.2. The molecule has 2 aromatic carbocycles. The molecule has 0 saturated carbocycles. The van der Waals surface area contributed by atoms with Gasteiger partial charge in [-0.2, -0.15) is 0 Å². The SMILES string of the molecule is Nc1cccc(C(=O)c2ccc(N)c(Br)c2)c1. The van der Waals surface area contributed by atoms with E-state index in [0.717, 1.165) is 0 Å². The summed E-state index contributed by atoms with van der Waals surface area (Å²) in [6.07, 6.45) is 0. The fraction of sp³-hybridized carbons (Fsp3) is 0. The molecule has 0 aliphatic carbocycles. The van der Waals surface area contributed by atoms with Crippen molar-refractivity contribution in [1.82, 2.24) is 0 Å². The van der Waals surface area contributed by atoms with E-state index >= 15 is 0 Å². The number of ketones is 1. The molecule has 0 spiro atoms. The Morgan fingerprint density at radius 1 is 1.00 bits per heavy atom. The quantitative estimate of drug-likeness (QED) is 0.660. The highest BCUT2D eigenvalue weighted by Crippen LogP contribution is 2.22. The summed E-state index contributed by atoms with van der Waals surface area (Å²) >= 11 is 3.30. The van der Waals surface area contributed by atoms with Crippen LogP contribution in [0.4, 0.5) is 11.4 Å². The van der Waals surface area contributed by atoms with E-state index in [1.807, 2.05) is 0 Å². The number of nitrogen functional groups attached to an aromatic ring is 2. The molecule has 0 aromatic heterocycles. The first kappa shape index (κ1) is 11.7. The van der Waals surface area contributed by atoms with Crippen LogP contribution in [0.3, 0.4) is 0 Å². The molecule has 2 aromatic rings. The minimum Gasteiger partial charge on any atom is -0.399 e. The molecular weight excluding hydrogens is 280 g/mol. The van der Waals surface area contributed by atoms with Crippen LogP contribution in [-0.2, 0) is 0 Å². The lowest BCUT2D eigenvalue weighted by Gasteiger charge is -2.04. The fourth-order valence-corrected chi connectivity index (χ4v) is 1.89. The van der Waals surface area contributed by atoms with Crippen LogP contribution in [0.2, 0.25) is 0 Å². The van der Waals surface area contributed by atoms with E-state index < -0.39 is 0 Å². The van der Waals surface area contributed by atoms with Gasteiger partial charge in [-0.1, -0.05) is 12.1 Å². The predicted octanol–water partition coefficient (Wildman–Crippen LogP) is 2.84. The summed E-state index contributed by atoms with van der Waals surface area (Å²) in [4.78, 5) is 12.1. The predicted molar refractivity (Wildman–Crippen MR) is 72.8 cm³/mol. The van der Waals surface area contributed by atoms with Crippen LogP contribution in [0, 0.1) is 0 Å². The van der Waals surface area contributed by atoms with Gasteiger partial charge in [0.1, 0.15) is 0 Å². The first-order chi connectivity index (χ1) is 8.08. The number of hydrogen-bond acceptors (Lipinski definition) is 3. The van der Waals surface area contributed by atoms with E-state index in [0.29, 0.717) is 27.0 Å². The van der Waals surface area contributed by atoms with E-state index in [2.05, 4.69) is 15.9 Å². The summed E-state index contributed by atoms with van der Waals surface area (Å²) in [5.74, 6) is -0.0713.